The summed E-state index contributed by atoms with van der Waals surface area (Å²) >= 11 is 0. The number of pyridine rings is 1. The largest absolute Gasteiger partial charge is 0.491 e. The molecule has 30 heavy (non-hydrogen) atoms. The Morgan fingerprint density at radius 2 is 1.60 bits per heavy atom. The van der Waals surface area contributed by atoms with E-state index in [0.29, 0.717) is 16.7 Å². The van der Waals surface area contributed by atoms with Crippen LogP contribution >= 0.6 is 0 Å². The zero-order chi connectivity index (χ0) is 22.1. The number of nitrogens with zero attached hydrogens (tertiary/aromatic N) is 1. The van der Waals surface area contributed by atoms with E-state index in [1.54, 1.807) is 0 Å². The maximum absolute atomic E-state index is 14.2. The summed E-state index contributed by atoms with van der Waals surface area (Å²) in [4.78, 5) is 4.15. The quantitative estimate of drug-likeness (QED) is 0.615. The fraction of sp³-hybridized carbons (Fsp3) is 0.150. The third kappa shape index (κ3) is 4.11. The van der Waals surface area contributed by atoms with Crippen LogP contribution < -0.4 is 14.6 Å². The molecule has 0 aliphatic rings. The lowest BCUT2D eigenvalue weighted by atomic mass is 9.98. The van der Waals surface area contributed by atoms with Crippen molar-refractivity contribution in [3.05, 3.63) is 59.7 Å². The summed E-state index contributed by atoms with van der Waals surface area (Å²) in [5, 5.41) is 14.9. The van der Waals surface area contributed by atoms with Gasteiger partial charge in [0, 0.05) is 11.1 Å². The Balaban J connectivity index is 2.21. The second-order valence-electron chi connectivity index (χ2n) is 6.24. The number of halogens is 2. The van der Waals surface area contributed by atoms with Crippen molar-refractivity contribution in [2.45, 2.75) is 11.5 Å². The topological polar surface area (TPSA) is 112 Å². The monoisotopic (exact) mass is 436 g/mol. The molecule has 0 aliphatic carbocycles. The molecule has 3 aromatic rings. The molecule has 0 unspecified atom stereocenters. The Labute approximate surface area is 171 Å². The van der Waals surface area contributed by atoms with Crippen molar-refractivity contribution in [2.75, 3.05) is 14.2 Å². The van der Waals surface area contributed by atoms with Gasteiger partial charge in [0.05, 0.1) is 31.4 Å². The highest BCUT2D eigenvalue weighted by molar-refractivity contribution is 7.89. The number of aliphatic hydroxyl groups excluding tert-OH is 1. The van der Waals surface area contributed by atoms with Gasteiger partial charge >= 0.3 is 0 Å². The first kappa shape index (κ1) is 21.6. The van der Waals surface area contributed by atoms with E-state index < -0.39 is 34.0 Å². The molecule has 0 atom stereocenters. The molecule has 1 heterocycles. The average molecular weight is 436 g/mol. The zero-order valence-corrected chi connectivity index (χ0v) is 16.8. The lowest BCUT2D eigenvalue weighted by Gasteiger charge is -2.15. The molecule has 0 aliphatic heterocycles. The number of ether oxygens (including phenoxy) is 2. The van der Waals surface area contributed by atoms with E-state index in [4.69, 9.17) is 14.6 Å². The van der Waals surface area contributed by atoms with Crippen LogP contribution in [0.25, 0.3) is 22.4 Å². The standard InChI is InChI=1S/C20H18F2N2O5S/c1-28-19-16(21)7-12(8-17(19)22)18-9-14(15(10-25)20(24-18)29-2)11-3-5-13(6-4-11)30(23,26)27/h3-9,25H,10H2,1-2H3,(H2,23,26,27). The zero-order valence-electron chi connectivity index (χ0n) is 16.0. The van der Waals surface area contributed by atoms with E-state index in [1.807, 2.05) is 0 Å². The summed E-state index contributed by atoms with van der Waals surface area (Å²) in [5.41, 5.74) is 1.57. The normalized spacial score (nSPS) is 11.4. The molecule has 10 heteroatoms. The molecule has 0 saturated carbocycles. The van der Waals surface area contributed by atoms with Crippen LogP contribution in [0.15, 0.2) is 47.4 Å². The maximum atomic E-state index is 14.2. The van der Waals surface area contributed by atoms with E-state index >= 15 is 0 Å². The lowest BCUT2D eigenvalue weighted by molar-refractivity contribution is 0.272. The van der Waals surface area contributed by atoms with Gasteiger partial charge in [-0.3, -0.25) is 0 Å². The van der Waals surface area contributed by atoms with Gasteiger partial charge in [-0.25, -0.2) is 27.3 Å². The van der Waals surface area contributed by atoms with Gasteiger partial charge in [0.1, 0.15) is 0 Å². The van der Waals surface area contributed by atoms with Gasteiger partial charge in [-0.15, -0.1) is 0 Å². The van der Waals surface area contributed by atoms with Crippen LogP contribution in [0, 0.1) is 11.6 Å². The molecule has 0 saturated heterocycles. The molecule has 2 aromatic carbocycles. The fourth-order valence-corrected chi connectivity index (χ4v) is 3.52. The highest BCUT2D eigenvalue weighted by Gasteiger charge is 2.19. The Morgan fingerprint density at radius 1 is 1.00 bits per heavy atom. The van der Waals surface area contributed by atoms with Gasteiger partial charge in [-0.2, -0.15) is 0 Å². The highest BCUT2D eigenvalue weighted by Crippen LogP contribution is 2.36. The first-order chi connectivity index (χ1) is 14.2. The van der Waals surface area contributed by atoms with E-state index in [-0.39, 0.29) is 22.0 Å². The molecule has 0 bridgehead atoms. The molecular weight excluding hydrogens is 418 g/mol. The third-order valence-corrected chi connectivity index (χ3v) is 5.36. The number of nitrogens with two attached hydrogens (primary N) is 1. The molecule has 1 aromatic heterocycles. The van der Waals surface area contributed by atoms with E-state index in [2.05, 4.69) is 4.98 Å². The van der Waals surface area contributed by atoms with Crippen LogP contribution in [0.4, 0.5) is 8.78 Å². The predicted molar refractivity (Wildman–Crippen MR) is 105 cm³/mol. The number of aromatic nitrogens is 1. The van der Waals surface area contributed by atoms with Crippen LogP contribution in [0.1, 0.15) is 5.56 Å². The van der Waals surface area contributed by atoms with Crippen molar-refractivity contribution in [2.24, 2.45) is 5.14 Å². The summed E-state index contributed by atoms with van der Waals surface area (Å²) in [6, 6.07) is 9.25. The molecule has 0 spiro atoms. The van der Waals surface area contributed by atoms with Crippen molar-refractivity contribution in [3.63, 3.8) is 0 Å². The molecule has 3 rings (SSSR count). The van der Waals surface area contributed by atoms with Gasteiger partial charge in [0.15, 0.2) is 17.4 Å². The van der Waals surface area contributed by atoms with Crippen LogP contribution in [0.5, 0.6) is 11.6 Å². The molecule has 158 valence electrons. The van der Waals surface area contributed by atoms with E-state index in [0.717, 1.165) is 19.2 Å². The van der Waals surface area contributed by atoms with E-state index in [9.17, 15) is 22.3 Å². The van der Waals surface area contributed by atoms with E-state index in [1.165, 1.54) is 37.4 Å². The molecule has 3 N–H and O–H groups in total. The Bertz CT molecular complexity index is 1180. The third-order valence-electron chi connectivity index (χ3n) is 4.43. The Hall–Kier alpha value is -3.08. The van der Waals surface area contributed by atoms with Crippen molar-refractivity contribution < 1.29 is 31.8 Å². The van der Waals surface area contributed by atoms with Crippen LogP contribution in [0.3, 0.4) is 0 Å². The minimum atomic E-state index is -3.88. The smallest absolute Gasteiger partial charge is 0.238 e. The second kappa shape index (κ2) is 8.34. The lowest BCUT2D eigenvalue weighted by Crippen LogP contribution is -2.11. The average Bonchev–Trinajstić information content (AvgIpc) is 2.71. The summed E-state index contributed by atoms with van der Waals surface area (Å²) < 4.78 is 61.3. The number of benzene rings is 2. The van der Waals surface area contributed by atoms with Crippen molar-refractivity contribution in [1.82, 2.24) is 4.98 Å². The van der Waals surface area contributed by atoms with Crippen LogP contribution in [0.2, 0.25) is 0 Å². The van der Waals surface area contributed by atoms with Crippen molar-refractivity contribution in [3.8, 4) is 34.0 Å². The first-order valence-corrected chi connectivity index (χ1v) is 10.1. The molecule has 0 fully saturated rings. The van der Waals surface area contributed by atoms with Crippen LogP contribution in [-0.4, -0.2) is 32.7 Å². The Kier molecular flexibility index (Phi) is 6.01. The number of primary sulfonamides is 1. The summed E-state index contributed by atoms with van der Waals surface area (Å²) in [6.45, 7) is -0.436. The van der Waals surface area contributed by atoms with Gasteiger partial charge in [0.25, 0.3) is 0 Å². The number of aliphatic hydroxyl groups is 1. The van der Waals surface area contributed by atoms with Crippen molar-refractivity contribution in [1.29, 1.82) is 0 Å². The SMILES string of the molecule is COc1nc(-c2cc(F)c(OC)c(F)c2)cc(-c2ccc(S(N)(=O)=O)cc2)c1CO. The maximum Gasteiger partial charge on any atom is 0.238 e. The highest BCUT2D eigenvalue weighted by atomic mass is 32.2. The second-order valence-corrected chi connectivity index (χ2v) is 7.80. The molecule has 0 amide bonds. The van der Waals surface area contributed by atoms with Crippen molar-refractivity contribution >= 4 is 10.0 Å². The number of rotatable bonds is 6. The van der Waals surface area contributed by atoms with Gasteiger partial charge < -0.3 is 14.6 Å². The predicted octanol–water partition coefficient (Wildman–Crippen LogP) is 2.85. The van der Waals surface area contributed by atoms with Gasteiger partial charge in [0.2, 0.25) is 15.9 Å². The summed E-state index contributed by atoms with van der Waals surface area (Å²) in [5.74, 6) is -2.27. The van der Waals surface area contributed by atoms with Crippen LogP contribution in [-0.2, 0) is 16.6 Å². The number of methoxy groups -OCH3 is 2. The first-order valence-electron chi connectivity index (χ1n) is 8.55. The summed E-state index contributed by atoms with van der Waals surface area (Å²) in [6.07, 6.45) is 0. The minimum absolute atomic E-state index is 0.0529. The molecule has 0 radical (unpaired) electrons. The minimum Gasteiger partial charge on any atom is -0.491 e. The molecular formula is C20H18F2N2O5S. The number of hydrogen-bond acceptors (Lipinski definition) is 6. The fourth-order valence-electron chi connectivity index (χ4n) is 3.00. The van der Waals surface area contributed by atoms with Gasteiger partial charge in [-0.1, -0.05) is 12.1 Å². The molecule has 7 nitrogen and oxygen atoms in total. The summed E-state index contributed by atoms with van der Waals surface area (Å²) in [7, 11) is -1.38. The van der Waals surface area contributed by atoms with Gasteiger partial charge in [-0.05, 0) is 41.5 Å². The number of sulfonamides is 1. The Morgan fingerprint density at radius 3 is 2.07 bits per heavy atom. The number of hydrogen-bond donors (Lipinski definition) is 2.